The molecule has 0 spiro atoms. The normalized spacial score (nSPS) is 22.8. The molecule has 2 rings (SSSR count). The van der Waals surface area contributed by atoms with E-state index in [1.54, 1.807) is 0 Å². The standard InChI is InChI=1S/C9H16N4/c1-7(2)13-6-9(11-12-13)8-4-3-5-10-8/h6-8,10H,3-5H2,1-2H3. The zero-order valence-electron chi connectivity index (χ0n) is 8.20. The summed E-state index contributed by atoms with van der Waals surface area (Å²) in [4.78, 5) is 0. The second-order valence-electron chi connectivity index (χ2n) is 3.87. The molecule has 1 aromatic rings. The summed E-state index contributed by atoms with van der Waals surface area (Å²) in [5.41, 5.74) is 1.09. The molecule has 1 fully saturated rings. The van der Waals surface area contributed by atoms with Gasteiger partial charge in [0.05, 0.1) is 17.9 Å². The Morgan fingerprint density at radius 3 is 3.00 bits per heavy atom. The molecule has 72 valence electrons. The van der Waals surface area contributed by atoms with E-state index in [4.69, 9.17) is 0 Å². The van der Waals surface area contributed by atoms with Gasteiger partial charge in [0.15, 0.2) is 0 Å². The van der Waals surface area contributed by atoms with Gasteiger partial charge in [-0.3, -0.25) is 0 Å². The second kappa shape index (κ2) is 3.46. The largest absolute Gasteiger partial charge is 0.309 e. The lowest BCUT2D eigenvalue weighted by molar-refractivity contribution is 0.514. The molecular weight excluding hydrogens is 164 g/mol. The van der Waals surface area contributed by atoms with Gasteiger partial charge in [0.25, 0.3) is 0 Å². The number of nitrogens with one attached hydrogen (secondary N) is 1. The van der Waals surface area contributed by atoms with Crippen LogP contribution in [0.25, 0.3) is 0 Å². The lowest BCUT2D eigenvalue weighted by Gasteiger charge is -2.04. The minimum atomic E-state index is 0.405. The Morgan fingerprint density at radius 1 is 1.62 bits per heavy atom. The first-order chi connectivity index (χ1) is 6.27. The van der Waals surface area contributed by atoms with E-state index in [0.717, 1.165) is 12.2 Å². The number of nitrogens with zero attached hydrogens (tertiary/aromatic N) is 3. The first-order valence-corrected chi connectivity index (χ1v) is 4.92. The van der Waals surface area contributed by atoms with Crippen LogP contribution in [0.2, 0.25) is 0 Å². The van der Waals surface area contributed by atoms with Gasteiger partial charge in [-0.15, -0.1) is 5.10 Å². The molecule has 0 radical (unpaired) electrons. The van der Waals surface area contributed by atoms with Gasteiger partial charge in [-0.25, -0.2) is 4.68 Å². The van der Waals surface area contributed by atoms with Crippen molar-refractivity contribution in [3.63, 3.8) is 0 Å². The van der Waals surface area contributed by atoms with Gasteiger partial charge in [0.2, 0.25) is 0 Å². The third-order valence-corrected chi connectivity index (χ3v) is 2.47. The quantitative estimate of drug-likeness (QED) is 0.745. The van der Waals surface area contributed by atoms with Crippen LogP contribution in [0.5, 0.6) is 0 Å². The van der Waals surface area contributed by atoms with Crippen LogP contribution in [0.4, 0.5) is 0 Å². The average Bonchev–Trinajstić information content (AvgIpc) is 2.75. The van der Waals surface area contributed by atoms with Crippen LogP contribution in [-0.2, 0) is 0 Å². The summed E-state index contributed by atoms with van der Waals surface area (Å²) in [5, 5.41) is 11.7. The topological polar surface area (TPSA) is 42.7 Å². The van der Waals surface area contributed by atoms with Crippen LogP contribution in [0.1, 0.15) is 44.5 Å². The third kappa shape index (κ3) is 1.72. The smallest absolute Gasteiger partial charge is 0.0996 e. The summed E-state index contributed by atoms with van der Waals surface area (Å²) < 4.78 is 1.91. The van der Waals surface area contributed by atoms with Gasteiger partial charge in [0.1, 0.15) is 0 Å². The molecule has 2 heterocycles. The molecule has 4 heteroatoms. The van der Waals surface area contributed by atoms with Gasteiger partial charge in [-0.05, 0) is 33.2 Å². The van der Waals surface area contributed by atoms with E-state index >= 15 is 0 Å². The monoisotopic (exact) mass is 180 g/mol. The van der Waals surface area contributed by atoms with E-state index < -0.39 is 0 Å². The summed E-state index contributed by atoms with van der Waals surface area (Å²) in [7, 11) is 0. The Morgan fingerprint density at radius 2 is 2.46 bits per heavy atom. The van der Waals surface area contributed by atoms with E-state index in [-0.39, 0.29) is 0 Å². The minimum absolute atomic E-state index is 0.405. The van der Waals surface area contributed by atoms with Crippen molar-refractivity contribution in [1.29, 1.82) is 0 Å². The van der Waals surface area contributed by atoms with E-state index in [1.165, 1.54) is 12.8 Å². The molecule has 1 aromatic heterocycles. The van der Waals surface area contributed by atoms with Crippen LogP contribution < -0.4 is 5.32 Å². The molecule has 4 nitrogen and oxygen atoms in total. The van der Waals surface area contributed by atoms with Crippen molar-refractivity contribution in [3.8, 4) is 0 Å². The van der Waals surface area contributed by atoms with Gasteiger partial charge in [0, 0.05) is 6.04 Å². The molecule has 0 aliphatic carbocycles. The number of rotatable bonds is 2. The predicted octanol–water partition coefficient (Wildman–Crippen LogP) is 1.28. The summed E-state index contributed by atoms with van der Waals surface area (Å²) in [5.74, 6) is 0. The highest BCUT2D eigenvalue weighted by molar-refractivity contribution is 5.02. The van der Waals surface area contributed by atoms with E-state index in [0.29, 0.717) is 12.1 Å². The van der Waals surface area contributed by atoms with Crippen molar-refractivity contribution >= 4 is 0 Å². The maximum absolute atomic E-state index is 4.17. The number of aromatic nitrogens is 3. The third-order valence-electron chi connectivity index (χ3n) is 2.47. The van der Waals surface area contributed by atoms with Crippen LogP contribution in [0, 0.1) is 0 Å². The lowest BCUT2D eigenvalue weighted by Crippen LogP contribution is -2.13. The molecular formula is C9H16N4. The minimum Gasteiger partial charge on any atom is -0.309 e. The average molecular weight is 180 g/mol. The summed E-state index contributed by atoms with van der Waals surface area (Å²) in [6.45, 7) is 5.33. The Labute approximate surface area is 78.3 Å². The lowest BCUT2D eigenvalue weighted by atomic mass is 10.2. The molecule has 0 bridgehead atoms. The van der Waals surface area contributed by atoms with Crippen LogP contribution in [0.15, 0.2) is 6.20 Å². The Bertz CT molecular complexity index is 273. The fourth-order valence-corrected chi connectivity index (χ4v) is 1.64. The molecule has 0 amide bonds. The van der Waals surface area contributed by atoms with Crippen molar-refractivity contribution in [2.75, 3.05) is 6.54 Å². The first-order valence-electron chi connectivity index (χ1n) is 4.92. The van der Waals surface area contributed by atoms with Crippen LogP contribution in [-0.4, -0.2) is 21.5 Å². The van der Waals surface area contributed by atoms with Crippen LogP contribution >= 0.6 is 0 Å². The molecule has 1 aliphatic rings. The highest BCUT2D eigenvalue weighted by atomic mass is 15.4. The molecule has 1 atom stereocenters. The summed E-state index contributed by atoms with van der Waals surface area (Å²) >= 11 is 0. The first kappa shape index (κ1) is 8.69. The van der Waals surface area contributed by atoms with E-state index in [9.17, 15) is 0 Å². The zero-order valence-corrected chi connectivity index (χ0v) is 8.20. The summed E-state index contributed by atoms with van der Waals surface area (Å²) in [6.07, 6.45) is 4.49. The zero-order chi connectivity index (χ0) is 9.26. The summed E-state index contributed by atoms with van der Waals surface area (Å²) in [6, 6.07) is 0.843. The maximum Gasteiger partial charge on any atom is 0.0996 e. The number of hydrogen-bond acceptors (Lipinski definition) is 3. The van der Waals surface area contributed by atoms with Crippen molar-refractivity contribution in [2.24, 2.45) is 0 Å². The van der Waals surface area contributed by atoms with Crippen molar-refractivity contribution in [2.45, 2.75) is 38.8 Å². The Balaban J connectivity index is 2.12. The maximum atomic E-state index is 4.17. The van der Waals surface area contributed by atoms with Crippen molar-refractivity contribution in [1.82, 2.24) is 20.3 Å². The van der Waals surface area contributed by atoms with Gasteiger partial charge < -0.3 is 5.32 Å². The molecule has 0 aromatic carbocycles. The highest BCUT2D eigenvalue weighted by Crippen LogP contribution is 2.20. The Kier molecular flexibility index (Phi) is 2.31. The molecule has 1 saturated heterocycles. The van der Waals surface area contributed by atoms with Gasteiger partial charge in [-0.2, -0.15) is 0 Å². The van der Waals surface area contributed by atoms with Crippen molar-refractivity contribution < 1.29 is 0 Å². The van der Waals surface area contributed by atoms with Crippen LogP contribution in [0.3, 0.4) is 0 Å². The fourth-order valence-electron chi connectivity index (χ4n) is 1.64. The Hall–Kier alpha value is -0.900. The molecule has 1 N–H and O–H groups in total. The van der Waals surface area contributed by atoms with E-state index in [2.05, 4.69) is 29.5 Å². The second-order valence-corrected chi connectivity index (χ2v) is 3.87. The molecule has 1 aliphatic heterocycles. The molecule has 1 unspecified atom stereocenters. The fraction of sp³-hybridized carbons (Fsp3) is 0.778. The van der Waals surface area contributed by atoms with Gasteiger partial charge in [-0.1, -0.05) is 5.21 Å². The van der Waals surface area contributed by atoms with E-state index in [1.807, 2.05) is 10.9 Å². The SMILES string of the molecule is CC(C)n1cc(C2CCCN2)nn1. The highest BCUT2D eigenvalue weighted by Gasteiger charge is 2.19. The molecule has 0 saturated carbocycles. The number of hydrogen-bond donors (Lipinski definition) is 1. The predicted molar refractivity (Wildman–Crippen MR) is 50.4 cm³/mol. The van der Waals surface area contributed by atoms with Crippen molar-refractivity contribution in [3.05, 3.63) is 11.9 Å². The molecule has 13 heavy (non-hydrogen) atoms. The van der Waals surface area contributed by atoms with Gasteiger partial charge >= 0.3 is 0 Å².